The maximum Gasteiger partial charge on any atom is 0.350 e. The molecule has 1 aromatic carbocycles. The van der Waals surface area contributed by atoms with E-state index in [1.807, 2.05) is 0 Å². The number of aromatic nitrogens is 2. The van der Waals surface area contributed by atoms with Crippen LogP contribution in [0.25, 0.3) is 0 Å². The fraction of sp³-hybridized carbons (Fsp3) is 0.214. The largest absolute Gasteiger partial charge is 0.369 e. The highest BCUT2D eigenvalue weighted by molar-refractivity contribution is 6.35. The molecule has 8 heteroatoms. The first-order valence-electron chi connectivity index (χ1n) is 6.28. The van der Waals surface area contributed by atoms with Gasteiger partial charge in [-0.3, -0.25) is 4.57 Å². The highest BCUT2D eigenvalue weighted by atomic mass is 35.5. The normalized spacial score (nSPS) is 11.1. The van der Waals surface area contributed by atoms with Crippen LogP contribution in [0.4, 0.5) is 10.2 Å². The molecule has 2 rings (SSSR count). The van der Waals surface area contributed by atoms with Gasteiger partial charge in [0.25, 0.3) is 0 Å². The van der Waals surface area contributed by atoms with Crippen molar-refractivity contribution in [2.75, 3.05) is 14.1 Å². The highest BCUT2D eigenvalue weighted by Crippen LogP contribution is 2.21. The van der Waals surface area contributed by atoms with Crippen LogP contribution in [0.15, 0.2) is 34.2 Å². The number of rotatable bonds is 4. The third-order valence-electron chi connectivity index (χ3n) is 2.70. The third kappa shape index (κ3) is 4.05. The van der Waals surface area contributed by atoms with E-state index in [1.165, 1.54) is 6.34 Å². The van der Waals surface area contributed by atoms with Crippen molar-refractivity contribution in [1.82, 2.24) is 14.5 Å². The van der Waals surface area contributed by atoms with Crippen LogP contribution < -0.4 is 5.69 Å². The molecule has 0 N–H and O–H groups in total. The van der Waals surface area contributed by atoms with Crippen LogP contribution >= 0.6 is 23.2 Å². The van der Waals surface area contributed by atoms with Gasteiger partial charge in [-0.05, 0) is 17.7 Å². The van der Waals surface area contributed by atoms with Crippen molar-refractivity contribution in [3.05, 3.63) is 56.3 Å². The molecule has 116 valence electrons. The van der Waals surface area contributed by atoms with E-state index in [4.69, 9.17) is 23.2 Å². The molecule has 1 heterocycles. The van der Waals surface area contributed by atoms with E-state index >= 15 is 0 Å². The molecule has 0 unspecified atom stereocenters. The summed E-state index contributed by atoms with van der Waals surface area (Å²) >= 11 is 11.9. The molecule has 0 aliphatic heterocycles. The first kappa shape index (κ1) is 16.5. The summed E-state index contributed by atoms with van der Waals surface area (Å²) in [5, 5.41) is 0.883. The van der Waals surface area contributed by atoms with Gasteiger partial charge in [-0.25, -0.2) is 14.2 Å². The Bertz CT molecular complexity index is 774. The lowest BCUT2D eigenvalue weighted by Gasteiger charge is -2.08. The maximum atomic E-state index is 13.9. The zero-order chi connectivity index (χ0) is 16.3. The Morgan fingerprint density at radius 3 is 2.77 bits per heavy atom. The van der Waals surface area contributed by atoms with Gasteiger partial charge in [0.1, 0.15) is 0 Å². The molecule has 0 bridgehead atoms. The van der Waals surface area contributed by atoms with E-state index in [0.29, 0.717) is 15.6 Å². The molecule has 0 aliphatic rings. The Labute approximate surface area is 136 Å². The summed E-state index contributed by atoms with van der Waals surface area (Å²) in [7, 11) is 3.45. The summed E-state index contributed by atoms with van der Waals surface area (Å²) in [6, 6.07) is 4.88. The number of halogens is 3. The van der Waals surface area contributed by atoms with Crippen molar-refractivity contribution in [2.45, 2.75) is 6.54 Å². The van der Waals surface area contributed by atoms with E-state index in [2.05, 4.69) is 9.98 Å². The van der Waals surface area contributed by atoms with Crippen LogP contribution in [0.1, 0.15) is 5.56 Å². The average Bonchev–Trinajstić information content (AvgIpc) is 2.43. The molecule has 1 aromatic heterocycles. The van der Waals surface area contributed by atoms with Gasteiger partial charge >= 0.3 is 5.69 Å². The van der Waals surface area contributed by atoms with Crippen molar-refractivity contribution in [3.8, 4) is 0 Å². The standard InChI is InChI=1S/C14H13Cl2FN4O/c1-20(2)8-18-13-12(17)7-21(14(22)19-13)6-9-3-4-10(15)5-11(9)16/h3-5,7-8H,6H2,1-2H3. The van der Waals surface area contributed by atoms with Crippen molar-refractivity contribution in [3.63, 3.8) is 0 Å². The van der Waals surface area contributed by atoms with Gasteiger partial charge in [0.05, 0.1) is 12.9 Å². The van der Waals surface area contributed by atoms with Gasteiger partial charge in [-0.2, -0.15) is 4.98 Å². The van der Waals surface area contributed by atoms with E-state index in [0.717, 1.165) is 10.8 Å². The van der Waals surface area contributed by atoms with E-state index < -0.39 is 11.5 Å². The summed E-state index contributed by atoms with van der Waals surface area (Å²) in [4.78, 5) is 21.0. The predicted molar refractivity (Wildman–Crippen MR) is 85.9 cm³/mol. The van der Waals surface area contributed by atoms with Gasteiger partial charge in [-0.15, -0.1) is 0 Å². The molecular formula is C14H13Cl2FN4O. The lowest BCUT2D eigenvalue weighted by Crippen LogP contribution is -2.23. The third-order valence-corrected chi connectivity index (χ3v) is 3.28. The summed E-state index contributed by atoms with van der Waals surface area (Å²) < 4.78 is 15.1. The van der Waals surface area contributed by atoms with Crippen LogP contribution in [0.5, 0.6) is 0 Å². The highest BCUT2D eigenvalue weighted by Gasteiger charge is 2.09. The fourth-order valence-corrected chi connectivity index (χ4v) is 2.13. The smallest absolute Gasteiger partial charge is 0.350 e. The molecule has 0 saturated carbocycles. The molecule has 0 amide bonds. The van der Waals surface area contributed by atoms with Crippen molar-refractivity contribution in [2.24, 2.45) is 4.99 Å². The molecule has 0 spiro atoms. The van der Waals surface area contributed by atoms with Gasteiger partial charge in [-0.1, -0.05) is 29.3 Å². The topological polar surface area (TPSA) is 50.5 Å². The number of aliphatic imine (C=N–C) groups is 1. The minimum Gasteiger partial charge on any atom is -0.369 e. The molecule has 0 radical (unpaired) electrons. The Balaban J connectivity index is 2.33. The Morgan fingerprint density at radius 1 is 1.41 bits per heavy atom. The van der Waals surface area contributed by atoms with Crippen LogP contribution in [0.3, 0.4) is 0 Å². The zero-order valence-corrected chi connectivity index (χ0v) is 13.4. The fourth-order valence-electron chi connectivity index (χ4n) is 1.67. The number of hydrogen-bond acceptors (Lipinski definition) is 3. The van der Waals surface area contributed by atoms with Gasteiger partial charge in [0, 0.05) is 30.3 Å². The van der Waals surface area contributed by atoms with E-state index in [9.17, 15) is 9.18 Å². The lowest BCUT2D eigenvalue weighted by molar-refractivity contribution is 0.581. The SMILES string of the molecule is CN(C)C=Nc1nc(=O)n(Cc2ccc(Cl)cc2Cl)cc1F. The zero-order valence-electron chi connectivity index (χ0n) is 11.9. The molecule has 0 aliphatic carbocycles. The van der Waals surface area contributed by atoms with Crippen molar-refractivity contribution < 1.29 is 4.39 Å². The molecular weight excluding hydrogens is 330 g/mol. The summed E-state index contributed by atoms with van der Waals surface area (Å²) in [5.74, 6) is -0.945. The van der Waals surface area contributed by atoms with Gasteiger partial charge in [0.2, 0.25) is 0 Å². The Hall–Kier alpha value is -1.92. The van der Waals surface area contributed by atoms with Crippen LogP contribution in [-0.4, -0.2) is 34.9 Å². The monoisotopic (exact) mass is 342 g/mol. The van der Waals surface area contributed by atoms with Gasteiger partial charge < -0.3 is 4.90 Å². The van der Waals surface area contributed by atoms with Gasteiger partial charge in [0.15, 0.2) is 11.6 Å². The second-order valence-corrected chi connectivity index (χ2v) is 5.61. The Morgan fingerprint density at radius 2 is 2.14 bits per heavy atom. The predicted octanol–water partition coefficient (Wildman–Crippen LogP) is 2.96. The summed E-state index contributed by atoms with van der Waals surface area (Å²) in [6.45, 7) is 0.0937. The Kier molecular flexibility index (Phi) is 5.15. The molecule has 0 atom stereocenters. The first-order valence-corrected chi connectivity index (χ1v) is 7.04. The molecule has 2 aromatic rings. The van der Waals surface area contributed by atoms with Crippen molar-refractivity contribution >= 4 is 35.4 Å². The minimum atomic E-state index is -0.692. The van der Waals surface area contributed by atoms with E-state index in [-0.39, 0.29) is 12.4 Å². The van der Waals surface area contributed by atoms with E-state index in [1.54, 1.807) is 37.2 Å². The molecule has 22 heavy (non-hydrogen) atoms. The quantitative estimate of drug-likeness (QED) is 0.634. The number of hydrogen-bond donors (Lipinski definition) is 0. The van der Waals surface area contributed by atoms with Crippen LogP contribution in [0, 0.1) is 5.82 Å². The molecule has 5 nitrogen and oxygen atoms in total. The van der Waals surface area contributed by atoms with Crippen LogP contribution in [0.2, 0.25) is 10.0 Å². The maximum absolute atomic E-state index is 13.9. The lowest BCUT2D eigenvalue weighted by atomic mass is 10.2. The second-order valence-electron chi connectivity index (χ2n) is 4.77. The van der Waals surface area contributed by atoms with Crippen molar-refractivity contribution in [1.29, 1.82) is 0 Å². The molecule has 0 fully saturated rings. The first-order chi connectivity index (χ1) is 10.4. The second kappa shape index (κ2) is 6.89. The molecule has 0 saturated heterocycles. The minimum absolute atomic E-state index is 0.0937. The number of benzene rings is 1. The summed E-state index contributed by atoms with van der Waals surface area (Å²) in [5.41, 5.74) is 0.0252. The van der Waals surface area contributed by atoms with Crippen LogP contribution in [-0.2, 0) is 6.54 Å². The number of nitrogens with zero attached hydrogens (tertiary/aromatic N) is 4. The summed E-state index contributed by atoms with van der Waals surface area (Å²) in [6.07, 6.45) is 2.42. The average molecular weight is 343 g/mol.